The van der Waals surface area contributed by atoms with E-state index in [0.717, 1.165) is 0 Å². The van der Waals surface area contributed by atoms with Gasteiger partial charge in [-0.05, 0) is 25.1 Å². The summed E-state index contributed by atoms with van der Waals surface area (Å²) in [5.74, 6) is 0.369. The Bertz CT molecular complexity index is 649. The quantitative estimate of drug-likeness (QED) is 0.878. The molecule has 0 saturated heterocycles. The van der Waals surface area contributed by atoms with Crippen LogP contribution in [0.4, 0.5) is 0 Å². The van der Waals surface area contributed by atoms with E-state index in [1.807, 2.05) is 0 Å². The molecule has 7 heteroatoms. The van der Waals surface area contributed by atoms with Gasteiger partial charge in [-0.25, -0.2) is 4.98 Å². The third kappa shape index (κ3) is 3.32. The van der Waals surface area contributed by atoms with E-state index in [-0.39, 0.29) is 11.0 Å². The van der Waals surface area contributed by atoms with E-state index < -0.39 is 0 Å². The first-order valence-corrected chi connectivity index (χ1v) is 6.41. The van der Waals surface area contributed by atoms with Gasteiger partial charge in [0.05, 0.1) is 5.02 Å². The molecule has 2 rings (SSSR count). The normalized spacial score (nSPS) is 10.3. The highest BCUT2D eigenvalue weighted by atomic mass is 35.5. The second-order valence-electron chi connectivity index (χ2n) is 3.70. The number of hydrogen-bond acceptors (Lipinski definition) is 4. The first-order valence-electron chi connectivity index (χ1n) is 5.24. The van der Waals surface area contributed by atoms with Gasteiger partial charge in [0.15, 0.2) is 5.75 Å². The predicted octanol–water partition coefficient (Wildman–Crippen LogP) is 3.52. The monoisotopic (exact) mass is 313 g/mol. The van der Waals surface area contributed by atoms with Crippen LogP contribution < -0.4 is 10.5 Å². The maximum absolute atomic E-state index is 6.02. The Morgan fingerprint density at radius 2 is 2.05 bits per heavy atom. The van der Waals surface area contributed by atoms with Crippen molar-refractivity contribution in [3.63, 3.8) is 0 Å². The summed E-state index contributed by atoms with van der Waals surface area (Å²) >= 11 is 16.8. The van der Waals surface area contributed by atoms with Crippen molar-refractivity contribution in [2.45, 2.75) is 6.92 Å². The molecule has 0 aliphatic rings. The Morgan fingerprint density at radius 1 is 1.32 bits per heavy atom. The lowest BCUT2D eigenvalue weighted by molar-refractivity contribution is 0.440. The zero-order valence-electron chi connectivity index (χ0n) is 9.85. The van der Waals surface area contributed by atoms with Gasteiger partial charge in [-0.1, -0.05) is 41.5 Å². The van der Waals surface area contributed by atoms with Crippen LogP contribution in [0.2, 0.25) is 10.0 Å². The van der Waals surface area contributed by atoms with Crippen LogP contribution in [-0.2, 0) is 0 Å². The van der Waals surface area contributed by atoms with Gasteiger partial charge < -0.3 is 10.5 Å². The fourth-order valence-corrected chi connectivity index (χ4v) is 1.81. The second-order valence-corrected chi connectivity index (χ2v) is 4.92. The topological polar surface area (TPSA) is 61.0 Å². The van der Waals surface area contributed by atoms with Gasteiger partial charge in [0.2, 0.25) is 0 Å². The van der Waals surface area contributed by atoms with Crippen LogP contribution in [0.5, 0.6) is 11.8 Å². The van der Waals surface area contributed by atoms with E-state index >= 15 is 0 Å². The highest BCUT2D eigenvalue weighted by molar-refractivity contribution is 7.80. The smallest absolute Gasteiger partial charge is 0.322 e. The van der Waals surface area contributed by atoms with Gasteiger partial charge >= 0.3 is 6.01 Å². The molecule has 2 aromatic rings. The van der Waals surface area contributed by atoms with Crippen LogP contribution in [0.25, 0.3) is 0 Å². The van der Waals surface area contributed by atoms with Crippen molar-refractivity contribution in [1.29, 1.82) is 0 Å². The SMILES string of the molecule is Cc1cc(C(N)=S)nc(Oc2cccc(Cl)c2Cl)n1. The highest BCUT2D eigenvalue weighted by Crippen LogP contribution is 2.33. The van der Waals surface area contributed by atoms with Crippen LogP contribution in [0, 0.1) is 6.92 Å². The number of hydrogen-bond donors (Lipinski definition) is 1. The molecule has 0 bridgehead atoms. The van der Waals surface area contributed by atoms with Crippen molar-refractivity contribution in [3.8, 4) is 11.8 Å². The molecule has 0 aliphatic heterocycles. The summed E-state index contributed by atoms with van der Waals surface area (Å²) in [6.07, 6.45) is 0. The minimum atomic E-state index is 0.118. The third-order valence-electron chi connectivity index (χ3n) is 2.20. The van der Waals surface area contributed by atoms with Crippen LogP contribution in [0.1, 0.15) is 11.4 Å². The van der Waals surface area contributed by atoms with E-state index in [4.69, 9.17) is 45.9 Å². The first kappa shape index (κ1) is 14.0. The van der Waals surface area contributed by atoms with Crippen LogP contribution in [0.3, 0.4) is 0 Å². The molecule has 0 radical (unpaired) electrons. The first-order chi connectivity index (χ1) is 8.97. The summed E-state index contributed by atoms with van der Waals surface area (Å²) in [7, 11) is 0. The summed E-state index contributed by atoms with van der Waals surface area (Å²) < 4.78 is 5.51. The van der Waals surface area contributed by atoms with E-state index in [0.29, 0.717) is 27.2 Å². The zero-order valence-corrected chi connectivity index (χ0v) is 12.2. The van der Waals surface area contributed by atoms with Crippen LogP contribution >= 0.6 is 35.4 Å². The van der Waals surface area contributed by atoms with E-state index in [1.165, 1.54) is 0 Å². The number of nitrogens with zero attached hydrogens (tertiary/aromatic N) is 2. The highest BCUT2D eigenvalue weighted by Gasteiger charge is 2.10. The summed E-state index contributed by atoms with van der Waals surface area (Å²) in [4.78, 5) is 8.40. The lowest BCUT2D eigenvalue weighted by Crippen LogP contribution is -2.13. The van der Waals surface area contributed by atoms with E-state index in [1.54, 1.807) is 31.2 Å². The van der Waals surface area contributed by atoms with E-state index in [9.17, 15) is 0 Å². The van der Waals surface area contributed by atoms with Gasteiger partial charge in [0.25, 0.3) is 0 Å². The fourth-order valence-electron chi connectivity index (χ4n) is 1.37. The summed E-state index contributed by atoms with van der Waals surface area (Å²) in [6.45, 7) is 1.79. The van der Waals surface area contributed by atoms with Gasteiger partial charge in [-0.2, -0.15) is 4.98 Å². The number of aryl methyl sites for hydroxylation is 1. The third-order valence-corrected chi connectivity index (χ3v) is 3.21. The summed E-state index contributed by atoms with van der Waals surface area (Å²) in [5.41, 5.74) is 6.66. The van der Waals surface area contributed by atoms with Gasteiger partial charge in [-0.3, -0.25) is 0 Å². The number of benzene rings is 1. The Kier molecular flexibility index (Phi) is 4.19. The summed E-state index contributed by atoms with van der Waals surface area (Å²) in [5, 5.41) is 0.688. The molecule has 19 heavy (non-hydrogen) atoms. The molecule has 1 aromatic heterocycles. The largest absolute Gasteiger partial charge is 0.423 e. The standard InChI is InChI=1S/C12H9Cl2N3OS/c1-6-5-8(11(15)19)17-12(16-6)18-9-4-2-3-7(13)10(9)14/h2-5H,1H3,(H2,15,19). The molecule has 0 aliphatic carbocycles. The molecule has 2 N–H and O–H groups in total. The lowest BCUT2D eigenvalue weighted by Gasteiger charge is -2.08. The molecule has 0 spiro atoms. The van der Waals surface area contributed by atoms with Crippen molar-refractivity contribution >= 4 is 40.4 Å². The second kappa shape index (κ2) is 5.69. The van der Waals surface area contributed by atoms with Crippen LogP contribution in [-0.4, -0.2) is 15.0 Å². The average Bonchev–Trinajstić information content (AvgIpc) is 2.34. The number of thiocarbonyl (C=S) groups is 1. The minimum Gasteiger partial charge on any atom is -0.423 e. The molecule has 98 valence electrons. The van der Waals surface area contributed by atoms with Gasteiger partial charge in [0.1, 0.15) is 15.7 Å². The molecule has 0 amide bonds. The molecular weight excluding hydrogens is 305 g/mol. The van der Waals surface area contributed by atoms with Crippen molar-refractivity contribution in [2.75, 3.05) is 0 Å². The average molecular weight is 314 g/mol. The number of halogens is 2. The lowest BCUT2D eigenvalue weighted by atomic mass is 10.3. The molecule has 1 heterocycles. The predicted molar refractivity (Wildman–Crippen MR) is 79.2 cm³/mol. The van der Waals surface area contributed by atoms with Gasteiger partial charge in [0, 0.05) is 5.69 Å². The molecule has 0 atom stereocenters. The molecule has 4 nitrogen and oxygen atoms in total. The number of ether oxygens (including phenoxy) is 1. The molecule has 0 unspecified atom stereocenters. The number of aromatic nitrogens is 2. The zero-order chi connectivity index (χ0) is 14.0. The van der Waals surface area contributed by atoms with Crippen molar-refractivity contribution < 1.29 is 4.74 Å². The molecular formula is C12H9Cl2N3OS. The fraction of sp³-hybridized carbons (Fsp3) is 0.0833. The maximum atomic E-state index is 6.02. The van der Waals surface area contributed by atoms with E-state index in [2.05, 4.69) is 9.97 Å². The van der Waals surface area contributed by atoms with Crippen LogP contribution in [0.15, 0.2) is 24.3 Å². The molecule has 0 saturated carbocycles. The Morgan fingerprint density at radius 3 is 2.74 bits per heavy atom. The van der Waals surface area contributed by atoms with Crippen molar-refractivity contribution in [1.82, 2.24) is 9.97 Å². The summed E-state index contributed by atoms with van der Waals surface area (Å²) in [6, 6.07) is 6.84. The van der Waals surface area contributed by atoms with Crippen molar-refractivity contribution in [3.05, 3.63) is 45.7 Å². The minimum absolute atomic E-state index is 0.118. The molecule has 0 fully saturated rings. The Hall–Kier alpha value is -1.43. The molecule has 1 aromatic carbocycles. The number of rotatable bonds is 3. The maximum Gasteiger partial charge on any atom is 0.322 e. The Labute approximate surface area is 125 Å². The Balaban J connectivity index is 2.38. The number of nitrogens with two attached hydrogens (primary N) is 1. The van der Waals surface area contributed by atoms with Crippen molar-refractivity contribution in [2.24, 2.45) is 5.73 Å². The van der Waals surface area contributed by atoms with Gasteiger partial charge in [-0.15, -0.1) is 0 Å².